The summed E-state index contributed by atoms with van der Waals surface area (Å²) in [4.78, 5) is 25.8. The Morgan fingerprint density at radius 2 is 1.86 bits per heavy atom. The lowest BCUT2D eigenvalue weighted by Gasteiger charge is -2.22. The standard InChI is InChI=1S/C17H15FN2O2/c1-11(21)20(17(22)13-5-7-14(18)8-6-13)15-4-2-3-12-9-10-19-16(12)15/h2-8,19H,9-10H2,1H3. The Balaban J connectivity index is 2.04. The van der Waals surface area contributed by atoms with E-state index in [1.165, 1.54) is 31.2 Å². The van der Waals surface area contributed by atoms with Crippen LogP contribution in [0.5, 0.6) is 0 Å². The number of hydrogen-bond acceptors (Lipinski definition) is 3. The van der Waals surface area contributed by atoms with E-state index in [1.807, 2.05) is 12.1 Å². The average Bonchev–Trinajstić information content (AvgIpc) is 2.97. The fourth-order valence-electron chi connectivity index (χ4n) is 2.65. The van der Waals surface area contributed by atoms with Gasteiger partial charge in [0.05, 0.1) is 11.4 Å². The van der Waals surface area contributed by atoms with Crippen molar-refractivity contribution in [2.75, 3.05) is 16.8 Å². The third-order valence-electron chi connectivity index (χ3n) is 3.67. The second-order valence-electron chi connectivity index (χ2n) is 5.15. The maximum Gasteiger partial charge on any atom is 0.265 e. The highest BCUT2D eigenvalue weighted by molar-refractivity contribution is 6.22. The molecule has 0 saturated heterocycles. The number of anilines is 2. The molecule has 22 heavy (non-hydrogen) atoms. The first-order chi connectivity index (χ1) is 10.6. The smallest absolute Gasteiger partial charge is 0.265 e. The first-order valence-corrected chi connectivity index (χ1v) is 7.04. The molecular weight excluding hydrogens is 283 g/mol. The lowest BCUT2D eigenvalue weighted by molar-refractivity contribution is -0.115. The summed E-state index contributed by atoms with van der Waals surface area (Å²) in [6.07, 6.45) is 0.861. The van der Waals surface area contributed by atoms with E-state index in [9.17, 15) is 14.0 Å². The van der Waals surface area contributed by atoms with E-state index in [4.69, 9.17) is 0 Å². The molecule has 0 aliphatic carbocycles. The number of carbonyl (C=O) groups is 2. The summed E-state index contributed by atoms with van der Waals surface area (Å²) >= 11 is 0. The second kappa shape index (κ2) is 5.60. The van der Waals surface area contributed by atoms with Crippen LogP contribution >= 0.6 is 0 Å². The van der Waals surface area contributed by atoms with Crippen LogP contribution < -0.4 is 10.2 Å². The zero-order valence-corrected chi connectivity index (χ0v) is 12.1. The molecule has 1 N–H and O–H groups in total. The third kappa shape index (κ3) is 2.45. The van der Waals surface area contributed by atoms with Gasteiger partial charge >= 0.3 is 0 Å². The number of imide groups is 1. The molecule has 1 aliphatic heterocycles. The van der Waals surface area contributed by atoms with Gasteiger partial charge in [0.2, 0.25) is 5.91 Å². The summed E-state index contributed by atoms with van der Waals surface area (Å²) in [5.74, 6) is -1.26. The summed E-state index contributed by atoms with van der Waals surface area (Å²) in [7, 11) is 0. The fourth-order valence-corrected chi connectivity index (χ4v) is 2.65. The molecule has 0 unspecified atom stereocenters. The largest absolute Gasteiger partial charge is 0.383 e. The van der Waals surface area contributed by atoms with Crippen LogP contribution in [0.3, 0.4) is 0 Å². The Bertz CT molecular complexity index is 741. The van der Waals surface area contributed by atoms with Crippen molar-refractivity contribution >= 4 is 23.2 Å². The van der Waals surface area contributed by atoms with Crippen LogP contribution in [-0.4, -0.2) is 18.4 Å². The van der Waals surface area contributed by atoms with Crippen LogP contribution in [0, 0.1) is 5.82 Å². The van der Waals surface area contributed by atoms with Crippen molar-refractivity contribution in [2.45, 2.75) is 13.3 Å². The summed E-state index contributed by atoms with van der Waals surface area (Å²) < 4.78 is 13.0. The molecule has 5 heteroatoms. The Hall–Kier alpha value is -2.69. The quantitative estimate of drug-likeness (QED) is 0.927. The van der Waals surface area contributed by atoms with E-state index in [0.29, 0.717) is 5.69 Å². The highest BCUT2D eigenvalue weighted by atomic mass is 19.1. The van der Waals surface area contributed by atoms with Crippen LogP contribution in [0.4, 0.5) is 15.8 Å². The van der Waals surface area contributed by atoms with Gasteiger partial charge in [-0.15, -0.1) is 0 Å². The zero-order chi connectivity index (χ0) is 15.7. The molecule has 1 aliphatic rings. The topological polar surface area (TPSA) is 49.4 Å². The minimum atomic E-state index is -0.463. The van der Waals surface area contributed by atoms with Crippen molar-refractivity contribution in [1.82, 2.24) is 0 Å². The van der Waals surface area contributed by atoms with Crippen molar-refractivity contribution in [2.24, 2.45) is 0 Å². The summed E-state index contributed by atoms with van der Waals surface area (Å²) in [6.45, 7) is 2.12. The van der Waals surface area contributed by atoms with E-state index in [0.717, 1.165) is 29.1 Å². The maximum absolute atomic E-state index is 13.0. The average molecular weight is 298 g/mol. The molecule has 3 rings (SSSR count). The number of hydrogen-bond donors (Lipinski definition) is 1. The number of rotatable bonds is 2. The van der Waals surface area contributed by atoms with Gasteiger partial charge in [0.15, 0.2) is 0 Å². The number of benzene rings is 2. The number of nitrogens with zero attached hydrogens (tertiary/aromatic N) is 1. The van der Waals surface area contributed by atoms with Crippen molar-refractivity contribution in [1.29, 1.82) is 0 Å². The molecule has 0 radical (unpaired) electrons. The number of fused-ring (bicyclic) bond motifs is 1. The Morgan fingerprint density at radius 3 is 2.55 bits per heavy atom. The lowest BCUT2D eigenvalue weighted by atomic mass is 10.1. The molecular formula is C17H15FN2O2. The molecule has 0 saturated carbocycles. The van der Waals surface area contributed by atoms with Gasteiger partial charge < -0.3 is 5.32 Å². The predicted octanol–water partition coefficient (Wildman–Crippen LogP) is 2.99. The highest BCUT2D eigenvalue weighted by Gasteiger charge is 2.26. The number of nitrogens with one attached hydrogen (secondary N) is 1. The molecule has 0 bridgehead atoms. The number of para-hydroxylation sites is 1. The molecule has 0 aromatic heterocycles. The molecule has 2 aromatic rings. The van der Waals surface area contributed by atoms with Crippen molar-refractivity contribution in [3.63, 3.8) is 0 Å². The van der Waals surface area contributed by atoms with E-state index in [-0.39, 0.29) is 11.5 Å². The monoisotopic (exact) mass is 298 g/mol. The first kappa shape index (κ1) is 14.3. The first-order valence-electron chi connectivity index (χ1n) is 7.04. The lowest BCUT2D eigenvalue weighted by Crippen LogP contribution is -2.35. The molecule has 2 amide bonds. The minimum Gasteiger partial charge on any atom is -0.383 e. The minimum absolute atomic E-state index is 0.271. The highest BCUT2D eigenvalue weighted by Crippen LogP contribution is 2.34. The molecule has 0 fully saturated rings. The fraction of sp³-hybridized carbons (Fsp3) is 0.176. The summed E-state index contributed by atoms with van der Waals surface area (Å²) in [5.41, 5.74) is 2.70. The van der Waals surface area contributed by atoms with Gasteiger partial charge in [-0.3, -0.25) is 9.59 Å². The van der Waals surface area contributed by atoms with Crippen molar-refractivity contribution in [3.05, 3.63) is 59.4 Å². The number of amides is 2. The zero-order valence-electron chi connectivity index (χ0n) is 12.1. The molecule has 2 aromatic carbocycles. The SMILES string of the molecule is CC(=O)N(C(=O)c1ccc(F)cc1)c1cccc2c1NCC2. The predicted molar refractivity (Wildman–Crippen MR) is 82.5 cm³/mol. The normalized spacial score (nSPS) is 12.5. The van der Waals surface area contributed by atoms with Crippen LogP contribution in [-0.2, 0) is 11.2 Å². The number of carbonyl (C=O) groups excluding carboxylic acids is 2. The van der Waals surface area contributed by atoms with Gasteiger partial charge in [-0.2, -0.15) is 0 Å². The molecule has 0 spiro atoms. The van der Waals surface area contributed by atoms with Crippen molar-refractivity contribution < 1.29 is 14.0 Å². The van der Waals surface area contributed by atoms with E-state index < -0.39 is 11.7 Å². The van der Waals surface area contributed by atoms with Crippen molar-refractivity contribution in [3.8, 4) is 0 Å². The van der Waals surface area contributed by atoms with E-state index in [2.05, 4.69) is 5.32 Å². The Morgan fingerprint density at radius 1 is 1.14 bits per heavy atom. The third-order valence-corrected chi connectivity index (χ3v) is 3.67. The van der Waals surface area contributed by atoms with Gasteiger partial charge in [-0.05, 0) is 42.3 Å². The molecule has 112 valence electrons. The van der Waals surface area contributed by atoms with E-state index in [1.54, 1.807) is 6.07 Å². The van der Waals surface area contributed by atoms with Crippen LogP contribution in [0.15, 0.2) is 42.5 Å². The van der Waals surface area contributed by atoms with Gasteiger partial charge in [-0.25, -0.2) is 9.29 Å². The van der Waals surface area contributed by atoms with Gasteiger partial charge in [0.25, 0.3) is 5.91 Å². The summed E-state index contributed by atoms with van der Waals surface area (Å²) in [6, 6.07) is 10.7. The Kier molecular flexibility index (Phi) is 3.63. The Labute approximate surface area is 127 Å². The maximum atomic E-state index is 13.0. The molecule has 1 heterocycles. The van der Waals surface area contributed by atoms with Crippen LogP contribution in [0.2, 0.25) is 0 Å². The molecule has 4 nitrogen and oxygen atoms in total. The van der Waals surface area contributed by atoms with Gasteiger partial charge in [0, 0.05) is 19.0 Å². The summed E-state index contributed by atoms with van der Waals surface area (Å²) in [5, 5.41) is 3.21. The number of halogens is 1. The van der Waals surface area contributed by atoms with Crippen LogP contribution in [0.25, 0.3) is 0 Å². The van der Waals surface area contributed by atoms with E-state index >= 15 is 0 Å². The van der Waals surface area contributed by atoms with Gasteiger partial charge in [-0.1, -0.05) is 12.1 Å². The second-order valence-corrected chi connectivity index (χ2v) is 5.15. The van der Waals surface area contributed by atoms with Gasteiger partial charge in [0.1, 0.15) is 5.82 Å². The molecule has 0 atom stereocenters. The van der Waals surface area contributed by atoms with Crippen LogP contribution in [0.1, 0.15) is 22.8 Å².